The summed E-state index contributed by atoms with van der Waals surface area (Å²) in [4.78, 5) is 12.1. The average Bonchev–Trinajstić information content (AvgIpc) is 2.83. The Bertz CT molecular complexity index is 504. The molecule has 2 rings (SSSR count). The molecule has 1 aliphatic heterocycles. The number of nitrogens with one attached hydrogen (secondary N) is 2. The Kier molecular flexibility index (Phi) is 4.73. The van der Waals surface area contributed by atoms with E-state index in [-0.39, 0.29) is 17.1 Å². The van der Waals surface area contributed by atoms with E-state index in [1.165, 1.54) is 0 Å². The fraction of sp³-hybridized carbons (Fsp3) is 0.333. The molecule has 7 heteroatoms. The van der Waals surface area contributed by atoms with Crippen LogP contribution < -0.4 is 16.4 Å². The highest BCUT2D eigenvalue weighted by Gasteiger charge is 2.18. The van der Waals surface area contributed by atoms with Gasteiger partial charge in [0.2, 0.25) is 0 Å². The zero-order chi connectivity index (χ0) is 13.8. The third-order valence-corrected chi connectivity index (χ3v) is 3.47. The molecule has 2 amide bonds. The third kappa shape index (κ3) is 3.89. The van der Waals surface area contributed by atoms with Crippen molar-refractivity contribution in [1.29, 1.82) is 0 Å². The van der Waals surface area contributed by atoms with Crippen LogP contribution in [0.15, 0.2) is 22.7 Å². The van der Waals surface area contributed by atoms with Crippen molar-refractivity contribution in [2.45, 2.75) is 12.5 Å². The number of hydrogen-bond donors (Lipinski definition) is 3. The molecule has 1 aliphatic rings. The highest BCUT2D eigenvalue weighted by atomic mass is 79.9. The van der Waals surface area contributed by atoms with Crippen LogP contribution in [0.3, 0.4) is 0 Å². The fourth-order valence-electron chi connectivity index (χ4n) is 1.82. The SMILES string of the molecule is NC(=S)c1cc(Br)ccc1NC(=O)NC1CCOC1. The number of rotatable bonds is 3. The maximum Gasteiger partial charge on any atom is 0.319 e. The van der Waals surface area contributed by atoms with Gasteiger partial charge in [-0.05, 0) is 24.6 Å². The minimum atomic E-state index is -0.282. The van der Waals surface area contributed by atoms with E-state index in [1.54, 1.807) is 12.1 Å². The van der Waals surface area contributed by atoms with E-state index >= 15 is 0 Å². The number of anilines is 1. The second-order valence-corrected chi connectivity index (χ2v) is 5.57. The first-order chi connectivity index (χ1) is 9.06. The van der Waals surface area contributed by atoms with Crippen LogP contribution in [0.5, 0.6) is 0 Å². The van der Waals surface area contributed by atoms with E-state index in [9.17, 15) is 4.79 Å². The van der Waals surface area contributed by atoms with Crippen molar-refractivity contribution in [2.75, 3.05) is 18.5 Å². The second kappa shape index (κ2) is 6.31. The fourth-order valence-corrected chi connectivity index (χ4v) is 2.35. The van der Waals surface area contributed by atoms with Gasteiger partial charge >= 0.3 is 6.03 Å². The van der Waals surface area contributed by atoms with Gasteiger partial charge in [-0.2, -0.15) is 0 Å². The lowest BCUT2D eigenvalue weighted by molar-refractivity contribution is 0.189. The Balaban J connectivity index is 2.05. The lowest BCUT2D eigenvalue weighted by Crippen LogP contribution is -2.38. The molecule has 5 nitrogen and oxygen atoms in total. The minimum absolute atomic E-state index is 0.0590. The van der Waals surface area contributed by atoms with E-state index in [1.807, 2.05) is 6.07 Å². The summed E-state index contributed by atoms with van der Waals surface area (Å²) in [6, 6.07) is 5.12. The summed E-state index contributed by atoms with van der Waals surface area (Å²) < 4.78 is 6.05. The number of amides is 2. The molecule has 4 N–H and O–H groups in total. The first kappa shape index (κ1) is 14.2. The lowest BCUT2D eigenvalue weighted by atomic mass is 10.2. The van der Waals surface area contributed by atoms with Gasteiger partial charge in [-0.1, -0.05) is 28.1 Å². The maximum atomic E-state index is 11.9. The zero-order valence-corrected chi connectivity index (χ0v) is 12.5. The number of halogens is 1. The predicted octanol–water partition coefficient (Wildman–Crippen LogP) is 1.99. The van der Waals surface area contributed by atoms with Gasteiger partial charge in [0.1, 0.15) is 4.99 Å². The van der Waals surface area contributed by atoms with Gasteiger partial charge in [-0.25, -0.2) is 4.79 Å². The third-order valence-electron chi connectivity index (χ3n) is 2.76. The topological polar surface area (TPSA) is 76.4 Å². The Morgan fingerprint density at radius 1 is 1.53 bits per heavy atom. The summed E-state index contributed by atoms with van der Waals surface area (Å²) in [6.07, 6.45) is 0.829. The number of hydrogen-bond acceptors (Lipinski definition) is 3. The van der Waals surface area contributed by atoms with Crippen LogP contribution in [0, 0.1) is 0 Å². The molecule has 1 heterocycles. The molecular formula is C12H14BrN3O2S. The summed E-state index contributed by atoms with van der Waals surface area (Å²) in [5.41, 5.74) is 6.86. The van der Waals surface area contributed by atoms with Crippen molar-refractivity contribution in [2.24, 2.45) is 5.73 Å². The predicted molar refractivity (Wildman–Crippen MR) is 81.4 cm³/mol. The average molecular weight is 344 g/mol. The van der Waals surface area contributed by atoms with Crippen molar-refractivity contribution >= 4 is 44.9 Å². The van der Waals surface area contributed by atoms with Gasteiger partial charge in [-0.3, -0.25) is 0 Å². The van der Waals surface area contributed by atoms with Crippen LogP contribution in [-0.2, 0) is 4.74 Å². The van der Waals surface area contributed by atoms with Crippen molar-refractivity contribution in [3.8, 4) is 0 Å². The van der Waals surface area contributed by atoms with Gasteiger partial charge in [-0.15, -0.1) is 0 Å². The molecule has 1 atom stereocenters. The highest BCUT2D eigenvalue weighted by Crippen LogP contribution is 2.21. The van der Waals surface area contributed by atoms with Crippen LogP contribution in [-0.4, -0.2) is 30.3 Å². The van der Waals surface area contributed by atoms with Crippen LogP contribution in [0.1, 0.15) is 12.0 Å². The Labute approximate surface area is 125 Å². The molecule has 0 aromatic heterocycles. The summed E-state index contributed by atoms with van der Waals surface area (Å²) in [5.74, 6) is 0. The number of thiocarbonyl (C=S) groups is 1. The number of benzene rings is 1. The molecule has 0 radical (unpaired) electrons. The molecule has 0 saturated carbocycles. The number of ether oxygens (including phenoxy) is 1. The zero-order valence-electron chi connectivity index (χ0n) is 10.1. The van der Waals surface area contributed by atoms with Crippen LogP contribution in [0.4, 0.5) is 10.5 Å². The number of nitrogens with two attached hydrogens (primary N) is 1. The van der Waals surface area contributed by atoms with Crippen LogP contribution in [0.25, 0.3) is 0 Å². The second-order valence-electron chi connectivity index (χ2n) is 4.21. The molecule has 1 aromatic carbocycles. The first-order valence-corrected chi connectivity index (χ1v) is 7.01. The molecule has 0 spiro atoms. The number of carbonyl (C=O) groups is 1. The molecular weight excluding hydrogens is 330 g/mol. The lowest BCUT2D eigenvalue weighted by Gasteiger charge is -2.14. The number of carbonyl (C=O) groups excluding carboxylic acids is 1. The van der Waals surface area contributed by atoms with Gasteiger partial charge in [0.05, 0.1) is 18.3 Å². The van der Waals surface area contributed by atoms with Crippen LogP contribution >= 0.6 is 28.1 Å². The van der Waals surface area contributed by atoms with Gasteiger partial charge < -0.3 is 21.1 Å². The van der Waals surface area contributed by atoms with E-state index in [4.69, 9.17) is 22.7 Å². The molecule has 1 unspecified atom stereocenters. The summed E-state index contributed by atoms with van der Waals surface area (Å²) in [7, 11) is 0. The largest absolute Gasteiger partial charge is 0.389 e. The van der Waals surface area contributed by atoms with E-state index in [2.05, 4.69) is 26.6 Å². The molecule has 0 bridgehead atoms. The van der Waals surface area contributed by atoms with Gasteiger partial charge in [0, 0.05) is 16.6 Å². The van der Waals surface area contributed by atoms with E-state index in [0.29, 0.717) is 24.5 Å². The normalized spacial score (nSPS) is 18.1. The summed E-state index contributed by atoms with van der Waals surface area (Å²) >= 11 is 8.31. The first-order valence-electron chi connectivity index (χ1n) is 5.81. The minimum Gasteiger partial charge on any atom is -0.389 e. The Morgan fingerprint density at radius 2 is 2.32 bits per heavy atom. The number of urea groups is 1. The molecule has 1 saturated heterocycles. The van der Waals surface area contributed by atoms with E-state index in [0.717, 1.165) is 10.9 Å². The van der Waals surface area contributed by atoms with Gasteiger partial charge in [0.15, 0.2) is 0 Å². The van der Waals surface area contributed by atoms with Crippen molar-refractivity contribution in [3.63, 3.8) is 0 Å². The molecule has 1 fully saturated rings. The van der Waals surface area contributed by atoms with Gasteiger partial charge in [0.25, 0.3) is 0 Å². The van der Waals surface area contributed by atoms with Crippen LogP contribution in [0.2, 0.25) is 0 Å². The smallest absolute Gasteiger partial charge is 0.319 e. The highest BCUT2D eigenvalue weighted by molar-refractivity contribution is 9.10. The molecule has 19 heavy (non-hydrogen) atoms. The van der Waals surface area contributed by atoms with Crippen molar-refractivity contribution < 1.29 is 9.53 Å². The quantitative estimate of drug-likeness (QED) is 0.733. The molecule has 102 valence electrons. The standard InChI is InChI=1S/C12H14BrN3O2S/c13-7-1-2-10(9(5-7)11(14)19)16-12(17)15-8-3-4-18-6-8/h1-2,5,8H,3-4,6H2,(H2,14,19)(H2,15,16,17). The Morgan fingerprint density at radius 3 is 2.95 bits per heavy atom. The molecule has 1 aromatic rings. The van der Waals surface area contributed by atoms with E-state index < -0.39 is 0 Å². The monoisotopic (exact) mass is 343 g/mol. The summed E-state index contributed by atoms with van der Waals surface area (Å²) in [6.45, 7) is 1.23. The van der Waals surface area contributed by atoms with Crippen molar-refractivity contribution in [1.82, 2.24) is 5.32 Å². The Hall–Kier alpha value is -1.18. The van der Waals surface area contributed by atoms with Crippen molar-refractivity contribution in [3.05, 3.63) is 28.2 Å². The molecule has 0 aliphatic carbocycles. The maximum absolute atomic E-state index is 11.9. The summed E-state index contributed by atoms with van der Waals surface area (Å²) in [5, 5.41) is 5.59.